The van der Waals surface area contributed by atoms with Crippen molar-refractivity contribution in [2.75, 3.05) is 37.7 Å². The topological polar surface area (TPSA) is 49.9 Å². The molecule has 108 valence electrons. The Hall–Kier alpha value is -1.95. The zero-order valence-corrected chi connectivity index (χ0v) is 11.3. The summed E-state index contributed by atoms with van der Waals surface area (Å²) in [5.41, 5.74) is 0.126. The molecular weight excluding hydrogens is 263 g/mol. The van der Waals surface area contributed by atoms with Crippen LogP contribution in [0.1, 0.15) is 6.92 Å². The van der Waals surface area contributed by atoms with Crippen LogP contribution in [0.25, 0.3) is 0 Å². The van der Waals surface area contributed by atoms with Gasteiger partial charge < -0.3 is 14.5 Å². The van der Waals surface area contributed by atoms with Crippen LogP contribution in [0, 0.1) is 5.82 Å². The van der Waals surface area contributed by atoms with E-state index in [0.717, 1.165) is 4.90 Å². The average molecular weight is 280 g/mol. The van der Waals surface area contributed by atoms with Crippen molar-refractivity contribution in [2.24, 2.45) is 0 Å². The van der Waals surface area contributed by atoms with Crippen molar-refractivity contribution in [3.8, 4) is 0 Å². The first-order chi connectivity index (χ1) is 9.59. The fourth-order valence-electron chi connectivity index (χ4n) is 2.08. The molecule has 0 radical (unpaired) electrons. The molecule has 1 aliphatic rings. The Labute approximate surface area is 116 Å². The second kappa shape index (κ2) is 6.47. The van der Waals surface area contributed by atoms with Gasteiger partial charge in [-0.15, -0.1) is 0 Å². The number of para-hydroxylation sites is 1. The van der Waals surface area contributed by atoms with E-state index in [1.54, 1.807) is 17.0 Å². The lowest BCUT2D eigenvalue weighted by molar-refractivity contribution is -0.134. The highest BCUT2D eigenvalue weighted by atomic mass is 19.1. The van der Waals surface area contributed by atoms with Crippen molar-refractivity contribution in [3.63, 3.8) is 0 Å². The number of ether oxygens (including phenoxy) is 1. The van der Waals surface area contributed by atoms with Crippen LogP contribution in [0.2, 0.25) is 0 Å². The molecule has 0 bridgehead atoms. The van der Waals surface area contributed by atoms with Crippen LogP contribution in [-0.4, -0.2) is 49.6 Å². The van der Waals surface area contributed by atoms with Crippen molar-refractivity contribution >= 4 is 17.5 Å². The summed E-state index contributed by atoms with van der Waals surface area (Å²) in [6.45, 7) is 3.15. The number of nitrogens with zero attached hydrogens (tertiary/aromatic N) is 2. The molecule has 5 nitrogen and oxygen atoms in total. The summed E-state index contributed by atoms with van der Waals surface area (Å²) >= 11 is 0. The Morgan fingerprint density at radius 3 is 2.55 bits per heavy atom. The highest BCUT2D eigenvalue weighted by Gasteiger charge is 2.23. The van der Waals surface area contributed by atoms with E-state index in [-0.39, 0.29) is 24.0 Å². The highest BCUT2D eigenvalue weighted by molar-refractivity contribution is 5.97. The Balaban J connectivity index is 2.12. The summed E-state index contributed by atoms with van der Waals surface area (Å²) in [5.74, 6) is -1.08. The molecule has 1 saturated heterocycles. The van der Waals surface area contributed by atoms with Crippen LogP contribution in [0.4, 0.5) is 10.1 Å². The second-order valence-electron chi connectivity index (χ2n) is 4.55. The van der Waals surface area contributed by atoms with Gasteiger partial charge in [0, 0.05) is 20.0 Å². The fourth-order valence-corrected chi connectivity index (χ4v) is 2.08. The number of morpholine rings is 1. The van der Waals surface area contributed by atoms with Crippen molar-refractivity contribution in [1.29, 1.82) is 0 Å². The number of benzene rings is 1. The smallest absolute Gasteiger partial charge is 0.242 e. The minimum Gasteiger partial charge on any atom is -0.378 e. The van der Waals surface area contributed by atoms with Gasteiger partial charge in [-0.3, -0.25) is 9.59 Å². The summed E-state index contributed by atoms with van der Waals surface area (Å²) in [4.78, 5) is 26.6. The first-order valence-electron chi connectivity index (χ1n) is 6.47. The second-order valence-corrected chi connectivity index (χ2v) is 4.55. The zero-order valence-electron chi connectivity index (χ0n) is 11.3. The molecule has 0 saturated carbocycles. The Bertz CT molecular complexity index is 501. The maximum atomic E-state index is 13.8. The molecule has 1 aromatic rings. The molecule has 20 heavy (non-hydrogen) atoms. The lowest BCUT2D eigenvalue weighted by Crippen LogP contribution is -2.47. The number of carbonyl (C=O) groups is 2. The molecule has 1 aromatic carbocycles. The molecule has 1 aliphatic heterocycles. The molecule has 2 amide bonds. The molecule has 0 unspecified atom stereocenters. The standard InChI is InChI=1S/C14H17FN2O3/c1-11(18)17(13-5-3-2-4-12(13)15)10-14(19)16-6-8-20-9-7-16/h2-5H,6-10H2,1H3. The van der Waals surface area contributed by atoms with E-state index in [1.165, 1.54) is 19.1 Å². The lowest BCUT2D eigenvalue weighted by Gasteiger charge is -2.29. The Morgan fingerprint density at radius 1 is 1.30 bits per heavy atom. The third kappa shape index (κ3) is 3.33. The molecule has 0 spiro atoms. The van der Waals surface area contributed by atoms with Gasteiger partial charge in [0.2, 0.25) is 11.8 Å². The molecule has 0 atom stereocenters. The fraction of sp³-hybridized carbons (Fsp3) is 0.429. The molecule has 1 fully saturated rings. The van der Waals surface area contributed by atoms with Crippen LogP contribution < -0.4 is 4.90 Å². The van der Waals surface area contributed by atoms with Gasteiger partial charge in [0.05, 0.1) is 18.9 Å². The van der Waals surface area contributed by atoms with Gasteiger partial charge in [-0.25, -0.2) is 4.39 Å². The third-order valence-electron chi connectivity index (χ3n) is 3.18. The summed E-state index contributed by atoms with van der Waals surface area (Å²) in [6, 6.07) is 5.93. The molecule has 2 rings (SSSR count). The minimum atomic E-state index is -0.516. The van der Waals surface area contributed by atoms with Crippen molar-refractivity contribution < 1.29 is 18.7 Å². The van der Waals surface area contributed by atoms with Crippen LogP contribution in [-0.2, 0) is 14.3 Å². The Kier molecular flexibility index (Phi) is 4.68. The maximum Gasteiger partial charge on any atom is 0.242 e. The predicted molar refractivity (Wildman–Crippen MR) is 71.8 cm³/mol. The van der Waals surface area contributed by atoms with E-state index in [0.29, 0.717) is 26.3 Å². The lowest BCUT2D eigenvalue weighted by atomic mass is 10.2. The van der Waals surface area contributed by atoms with Gasteiger partial charge in [-0.1, -0.05) is 12.1 Å². The highest BCUT2D eigenvalue weighted by Crippen LogP contribution is 2.19. The third-order valence-corrected chi connectivity index (χ3v) is 3.18. The molecular formula is C14H17FN2O3. The number of rotatable bonds is 3. The number of anilines is 1. The Morgan fingerprint density at radius 2 is 1.95 bits per heavy atom. The van der Waals surface area contributed by atoms with Crippen molar-refractivity contribution in [3.05, 3.63) is 30.1 Å². The quantitative estimate of drug-likeness (QED) is 0.831. The van der Waals surface area contributed by atoms with Gasteiger partial charge >= 0.3 is 0 Å². The van der Waals surface area contributed by atoms with E-state index in [2.05, 4.69) is 0 Å². The van der Waals surface area contributed by atoms with Crippen LogP contribution in [0.5, 0.6) is 0 Å². The monoisotopic (exact) mass is 280 g/mol. The molecule has 0 N–H and O–H groups in total. The van der Waals surface area contributed by atoms with Gasteiger partial charge in [0.25, 0.3) is 0 Å². The van der Waals surface area contributed by atoms with Crippen molar-refractivity contribution in [2.45, 2.75) is 6.92 Å². The van der Waals surface area contributed by atoms with E-state index < -0.39 is 5.82 Å². The minimum absolute atomic E-state index is 0.126. The van der Waals surface area contributed by atoms with Gasteiger partial charge in [-0.2, -0.15) is 0 Å². The largest absolute Gasteiger partial charge is 0.378 e. The number of amides is 2. The first kappa shape index (κ1) is 14.5. The number of hydrogen-bond donors (Lipinski definition) is 0. The van der Waals surface area contributed by atoms with E-state index in [9.17, 15) is 14.0 Å². The summed E-state index contributed by atoms with van der Waals surface area (Å²) < 4.78 is 18.9. The van der Waals surface area contributed by atoms with Gasteiger partial charge in [-0.05, 0) is 12.1 Å². The van der Waals surface area contributed by atoms with E-state index in [1.807, 2.05) is 0 Å². The number of hydrogen-bond acceptors (Lipinski definition) is 3. The molecule has 0 aliphatic carbocycles. The number of halogens is 1. The predicted octanol–water partition coefficient (Wildman–Crippen LogP) is 1.04. The van der Waals surface area contributed by atoms with Gasteiger partial charge in [0.15, 0.2) is 0 Å². The van der Waals surface area contributed by atoms with Crippen LogP contribution in [0.3, 0.4) is 0 Å². The van der Waals surface area contributed by atoms with Crippen molar-refractivity contribution in [1.82, 2.24) is 4.90 Å². The molecule has 1 heterocycles. The normalized spacial score (nSPS) is 15.0. The van der Waals surface area contributed by atoms with E-state index in [4.69, 9.17) is 4.74 Å². The first-order valence-corrected chi connectivity index (χ1v) is 6.47. The van der Waals surface area contributed by atoms with Crippen LogP contribution in [0.15, 0.2) is 24.3 Å². The zero-order chi connectivity index (χ0) is 14.5. The van der Waals surface area contributed by atoms with Crippen LogP contribution >= 0.6 is 0 Å². The van der Waals surface area contributed by atoms with Gasteiger partial charge in [0.1, 0.15) is 12.4 Å². The SMILES string of the molecule is CC(=O)N(CC(=O)N1CCOCC1)c1ccccc1F. The molecule has 6 heteroatoms. The molecule has 0 aromatic heterocycles. The summed E-state index contributed by atoms with van der Waals surface area (Å²) in [5, 5.41) is 0. The maximum absolute atomic E-state index is 13.8. The number of carbonyl (C=O) groups excluding carboxylic acids is 2. The summed E-state index contributed by atoms with van der Waals surface area (Å²) in [6.07, 6.45) is 0. The summed E-state index contributed by atoms with van der Waals surface area (Å²) in [7, 11) is 0. The van der Waals surface area contributed by atoms with E-state index >= 15 is 0 Å². The average Bonchev–Trinajstić information content (AvgIpc) is 2.46.